The standard InChI is InChI=1S/C8H14N4/c1-3-6-7(9)12-5-4-11(2)8(12)10-6/h3-5,9H2,1-2H3. The zero-order chi connectivity index (χ0) is 8.72. The first kappa shape index (κ1) is 7.46. The van der Waals surface area contributed by atoms with Crippen molar-refractivity contribution in [2.24, 2.45) is 0 Å². The zero-order valence-corrected chi connectivity index (χ0v) is 7.54. The first-order valence-electron chi connectivity index (χ1n) is 4.30. The Labute approximate surface area is 72.0 Å². The fourth-order valence-electron chi connectivity index (χ4n) is 1.62. The molecule has 0 unspecified atom stereocenters. The van der Waals surface area contributed by atoms with Gasteiger partial charge in [-0.15, -0.1) is 0 Å². The maximum atomic E-state index is 5.90. The molecule has 66 valence electrons. The average Bonchev–Trinajstić information content (AvgIpc) is 2.55. The first-order valence-corrected chi connectivity index (χ1v) is 4.30. The lowest BCUT2D eigenvalue weighted by molar-refractivity contribution is 0.799. The van der Waals surface area contributed by atoms with Crippen molar-refractivity contribution in [3.63, 3.8) is 0 Å². The molecular formula is C8H14N4. The van der Waals surface area contributed by atoms with Gasteiger partial charge in [0.05, 0.1) is 5.69 Å². The third-order valence-electron chi connectivity index (χ3n) is 2.40. The summed E-state index contributed by atoms with van der Waals surface area (Å²) in [6, 6.07) is 0. The number of likely N-dealkylation sites (N-methyl/N-ethyl adjacent to an activating group) is 1. The second-order valence-electron chi connectivity index (χ2n) is 3.17. The van der Waals surface area contributed by atoms with Crippen molar-refractivity contribution >= 4 is 11.8 Å². The summed E-state index contributed by atoms with van der Waals surface area (Å²) in [7, 11) is 2.05. The van der Waals surface area contributed by atoms with Crippen LogP contribution in [0, 0.1) is 0 Å². The summed E-state index contributed by atoms with van der Waals surface area (Å²) in [4.78, 5) is 6.59. The second-order valence-corrected chi connectivity index (χ2v) is 3.17. The zero-order valence-electron chi connectivity index (χ0n) is 7.54. The molecule has 1 aliphatic heterocycles. The number of hydrogen-bond donors (Lipinski definition) is 1. The Morgan fingerprint density at radius 1 is 1.50 bits per heavy atom. The normalized spacial score (nSPS) is 15.3. The first-order chi connectivity index (χ1) is 5.74. The van der Waals surface area contributed by atoms with E-state index in [1.807, 2.05) is 7.05 Å². The number of nitrogens with zero attached hydrogens (tertiary/aromatic N) is 3. The number of aryl methyl sites for hydroxylation is 1. The van der Waals surface area contributed by atoms with Gasteiger partial charge in [0.2, 0.25) is 5.95 Å². The van der Waals surface area contributed by atoms with Crippen LogP contribution < -0.4 is 10.6 Å². The molecule has 1 aromatic rings. The minimum atomic E-state index is 0.844. The van der Waals surface area contributed by atoms with Crippen LogP contribution >= 0.6 is 0 Å². The molecule has 2 heterocycles. The minimum Gasteiger partial charge on any atom is -0.383 e. The Morgan fingerprint density at radius 3 is 2.83 bits per heavy atom. The van der Waals surface area contributed by atoms with Gasteiger partial charge in [-0.1, -0.05) is 6.92 Å². The van der Waals surface area contributed by atoms with Crippen LogP contribution in [0.1, 0.15) is 12.6 Å². The number of nitrogen functional groups attached to an aromatic ring is 1. The lowest BCUT2D eigenvalue weighted by atomic mass is 10.3. The number of imidazole rings is 1. The van der Waals surface area contributed by atoms with E-state index in [1.54, 1.807) is 0 Å². The average molecular weight is 166 g/mol. The summed E-state index contributed by atoms with van der Waals surface area (Å²) in [5.41, 5.74) is 6.93. The molecule has 0 atom stereocenters. The molecule has 4 heteroatoms. The molecule has 2 N–H and O–H groups in total. The maximum Gasteiger partial charge on any atom is 0.207 e. The minimum absolute atomic E-state index is 0.844. The molecule has 0 fully saturated rings. The highest BCUT2D eigenvalue weighted by molar-refractivity contribution is 5.50. The molecule has 12 heavy (non-hydrogen) atoms. The van der Waals surface area contributed by atoms with Crippen molar-refractivity contribution in [2.75, 3.05) is 24.2 Å². The van der Waals surface area contributed by atoms with E-state index in [0.717, 1.165) is 37.0 Å². The number of hydrogen-bond acceptors (Lipinski definition) is 3. The van der Waals surface area contributed by atoms with Crippen LogP contribution in [0.25, 0.3) is 0 Å². The van der Waals surface area contributed by atoms with E-state index in [4.69, 9.17) is 5.73 Å². The third kappa shape index (κ3) is 0.807. The monoisotopic (exact) mass is 166 g/mol. The molecule has 0 aliphatic carbocycles. The van der Waals surface area contributed by atoms with Crippen molar-refractivity contribution in [3.05, 3.63) is 5.69 Å². The van der Waals surface area contributed by atoms with Gasteiger partial charge in [-0.25, -0.2) is 4.98 Å². The van der Waals surface area contributed by atoms with Crippen LogP contribution in [-0.4, -0.2) is 23.1 Å². The molecule has 2 rings (SSSR count). The van der Waals surface area contributed by atoms with Crippen LogP contribution in [0.5, 0.6) is 0 Å². The van der Waals surface area contributed by atoms with Gasteiger partial charge in [0.25, 0.3) is 0 Å². The van der Waals surface area contributed by atoms with E-state index >= 15 is 0 Å². The highest BCUT2D eigenvalue weighted by Gasteiger charge is 2.21. The van der Waals surface area contributed by atoms with Gasteiger partial charge < -0.3 is 10.6 Å². The van der Waals surface area contributed by atoms with E-state index in [1.165, 1.54) is 0 Å². The quantitative estimate of drug-likeness (QED) is 0.660. The fraction of sp³-hybridized carbons (Fsp3) is 0.625. The number of nitrogens with two attached hydrogens (primary N) is 1. The lowest BCUT2D eigenvalue weighted by Crippen LogP contribution is -2.13. The van der Waals surface area contributed by atoms with Crippen LogP contribution in [0.2, 0.25) is 0 Å². The van der Waals surface area contributed by atoms with Crippen LogP contribution in [-0.2, 0) is 13.0 Å². The van der Waals surface area contributed by atoms with Crippen molar-refractivity contribution in [1.82, 2.24) is 9.55 Å². The van der Waals surface area contributed by atoms with Gasteiger partial charge in [0.1, 0.15) is 5.82 Å². The summed E-state index contributed by atoms with van der Waals surface area (Å²) < 4.78 is 2.08. The van der Waals surface area contributed by atoms with Crippen molar-refractivity contribution < 1.29 is 0 Å². The number of aromatic nitrogens is 2. The predicted octanol–water partition coefficient (Wildman–Crippen LogP) is 0.478. The smallest absolute Gasteiger partial charge is 0.207 e. The lowest BCUT2D eigenvalue weighted by Gasteiger charge is -2.05. The maximum absolute atomic E-state index is 5.90. The van der Waals surface area contributed by atoms with Crippen LogP contribution in [0.4, 0.5) is 11.8 Å². The molecule has 0 bridgehead atoms. The van der Waals surface area contributed by atoms with Gasteiger partial charge in [-0.2, -0.15) is 0 Å². The van der Waals surface area contributed by atoms with Gasteiger partial charge in [0.15, 0.2) is 0 Å². The van der Waals surface area contributed by atoms with Gasteiger partial charge in [-0.05, 0) is 6.42 Å². The Bertz CT molecular complexity index is 302. The highest BCUT2D eigenvalue weighted by atomic mass is 15.4. The van der Waals surface area contributed by atoms with E-state index in [0.29, 0.717) is 0 Å². The molecule has 0 saturated heterocycles. The highest BCUT2D eigenvalue weighted by Crippen LogP contribution is 2.25. The SMILES string of the molecule is CCc1nc2n(c1N)CCN2C. The molecule has 0 saturated carbocycles. The van der Waals surface area contributed by atoms with E-state index in [9.17, 15) is 0 Å². The Hall–Kier alpha value is -1.19. The van der Waals surface area contributed by atoms with E-state index in [-0.39, 0.29) is 0 Å². The molecule has 0 aromatic carbocycles. The Balaban J connectivity index is 2.49. The van der Waals surface area contributed by atoms with Gasteiger partial charge in [0, 0.05) is 20.1 Å². The molecule has 0 radical (unpaired) electrons. The largest absolute Gasteiger partial charge is 0.383 e. The number of rotatable bonds is 1. The molecule has 1 aliphatic rings. The van der Waals surface area contributed by atoms with Crippen molar-refractivity contribution in [1.29, 1.82) is 0 Å². The van der Waals surface area contributed by atoms with E-state index in [2.05, 4.69) is 21.4 Å². The van der Waals surface area contributed by atoms with Crippen LogP contribution in [0.15, 0.2) is 0 Å². The topological polar surface area (TPSA) is 47.1 Å². The Morgan fingerprint density at radius 2 is 2.25 bits per heavy atom. The number of anilines is 2. The summed E-state index contributed by atoms with van der Waals surface area (Å²) in [6.07, 6.45) is 0.916. The van der Waals surface area contributed by atoms with E-state index < -0.39 is 0 Å². The van der Waals surface area contributed by atoms with Crippen molar-refractivity contribution in [3.8, 4) is 0 Å². The summed E-state index contributed by atoms with van der Waals surface area (Å²) in [5, 5.41) is 0. The predicted molar refractivity (Wildman–Crippen MR) is 49.3 cm³/mol. The summed E-state index contributed by atoms with van der Waals surface area (Å²) in [5.74, 6) is 1.86. The molecule has 4 nitrogen and oxygen atoms in total. The van der Waals surface area contributed by atoms with Crippen molar-refractivity contribution in [2.45, 2.75) is 19.9 Å². The molecule has 1 aromatic heterocycles. The molecule has 0 amide bonds. The Kier molecular flexibility index (Phi) is 1.49. The summed E-state index contributed by atoms with van der Waals surface area (Å²) >= 11 is 0. The third-order valence-corrected chi connectivity index (χ3v) is 2.40. The number of fused-ring (bicyclic) bond motifs is 1. The fourth-order valence-corrected chi connectivity index (χ4v) is 1.62. The van der Waals surface area contributed by atoms with Gasteiger partial charge in [-0.3, -0.25) is 4.57 Å². The van der Waals surface area contributed by atoms with Crippen LogP contribution in [0.3, 0.4) is 0 Å². The summed E-state index contributed by atoms with van der Waals surface area (Å²) in [6.45, 7) is 4.08. The van der Waals surface area contributed by atoms with Gasteiger partial charge >= 0.3 is 0 Å². The molecule has 0 spiro atoms. The second kappa shape index (κ2) is 2.40. The molecular weight excluding hydrogens is 152 g/mol.